The molecule has 60 heavy (non-hydrogen) atoms. The summed E-state index contributed by atoms with van der Waals surface area (Å²) in [7, 11) is 0. The molecule has 0 N–H and O–H groups in total. The van der Waals surface area contributed by atoms with E-state index in [-0.39, 0.29) is 5.41 Å². The van der Waals surface area contributed by atoms with Gasteiger partial charge in [-0.1, -0.05) is 190 Å². The van der Waals surface area contributed by atoms with Crippen LogP contribution in [0.1, 0.15) is 25.0 Å². The molecule has 1 aliphatic rings. The number of benzene rings is 11. The molecule has 0 bridgehead atoms. The van der Waals surface area contributed by atoms with Gasteiger partial charge in [0.05, 0.1) is 0 Å². The van der Waals surface area contributed by atoms with Crippen LogP contribution in [-0.4, -0.2) is 0 Å². The SMILES string of the molecule is CC1(C)c2ccc3ccccc3c2-c2ccc3c(oc4cc(-c5ccc(-c6c7ccccc7c(-c7cccc8ccccc78)c7ccccc67)c6ccccc56)ccc43)c21. The molecule has 1 heterocycles. The van der Waals surface area contributed by atoms with Gasteiger partial charge in [0.25, 0.3) is 0 Å². The summed E-state index contributed by atoms with van der Waals surface area (Å²) in [4.78, 5) is 0. The molecule has 0 saturated carbocycles. The van der Waals surface area contributed by atoms with Crippen molar-refractivity contribution in [3.05, 3.63) is 205 Å². The van der Waals surface area contributed by atoms with Gasteiger partial charge in [0, 0.05) is 21.8 Å². The third kappa shape index (κ3) is 4.52. The van der Waals surface area contributed by atoms with Crippen LogP contribution in [0.5, 0.6) is 0 Å². The van der Waals surface area contributed by atoms with Gasteiger partial charge in [0.15, 0.2) is 0 Å². The molecular formula is C59H38O. The van der Waals surface area contributed by atoms with Crippen molar-refractivity contribution in [3.63, 3.8) is 0 Å². The number of rotatable bonds is 3. The fraction of sp³-hybridized carbons (Fsp3) is 0.0508. The Morgan fingerprint density at radius 1 is 0.333 bits per heavy atom. The van der Waals surface area contributed by atoms with Crippen LogP contribution in [0.15, 0.2) is 199 Å². The average Bonchev–Trinajstić information content (AvgIpc) is 3.78. The molecule has 280 valence electrons. The summed E-state index contributed by atoms with van der Waals surface area (Å²) >= 11 is 0. The summed E-state index contributed by atoms with van der Waals surface area (Å²) in [5.74, 6) is 0. The topological polar surface area (TPSA) is 13.1 Å². The molecule has 0 unspecified atom stereocenters. The summed E-state index contributed by atoms with van der Waals surface area (Å²) in [5, 5.41) is 14.9. The first-order chi connectivity index (χ1) is 29.5. The quantitative estimate of drug-likeness (QED) is 0.163. The van der Waals surface area contributed by atoms with Gasteiger partial charge in [0.2, 0.25) is 0 Å². The minimum Gasteiger partial charge on any atom is -0.456 e. The number of hydrogen-bond acceptors (Lipinski definition) is 1. The second-order valence-electron chi connectivity index (χ2n) is 17.1. The van der Waals surface area contributed by atoms with Crippen molar-refractivity contribution in [1.29, 1.82) is 0 Å². The highest BCUT2D eigenvalue weighted by Crippen LogP contribution is 2.55. The van der Waals surface area contributed by atoms with Crippen LogP contribution in [0, 0.1) is 0 Å². The second kappa shape index (κ2) is 12.3. The van der Waals surface area contributed by atoms with E-state index in [1.165, 1.54) is 109 Å². The zero-order chi connectivity index (χ0) is 39.7. The lowest BCUT2D eigenvalue weighted by molar-refractivity contribution is 0.620. The molecule has 1 heteroatoms. The maximum Gasteiger partial charge on any atom is 0.140 e. The highest BCUT2D eigenvalue weighted by atomic mass is 16.3. The Hall–Kier alpha value is -7.48. The fourth-order valence-corrected chi connectivity index (χ4v) is 11.0. The van der Waals surface area contributed by atoms with E-state index >= 15 is 0 Å². The molecule has 0 fully saturated rings. The zero-order valence-electron chi connectivity index (χ0n) is 33.4. The monoisotopic (exact) mass is 762 g/mol. The molecule has 0 radical (unpaired) electrons. The Kier molecular flexibility index (Phi) is 6.85. The van der Waals surface area contributed by atoms with Crippen molar-refractivity contribution < 1.29 is 4.42 Å². The second-order valence-corrected chi connectivity index (χ2v) is 17.1. The van der Waals surface area contributed by atoms with Gasteiger partial charge in [0.1, 0.15) is 11.2 Å². The predicted octanol–water partition coefficient (Wildman–Crippen LogP) is 16.7. The van der Waals surface area contributed by atoms with Gasteiger partial charge < -0.3 is 4.42 Å². The van der Waals surface area contributed by atoms with Gasteiger partial charge in [-0.05, 0) is 122 Å². The van der Waals surface area contributed by atoms with E-state index in [2.05, 4.69) is 208 Å². The molecule has 0 aliphatic heterocycles. The van der Waals surface area contributed by atoms with E-state index in [4.69, 9.17) is 4.42 Å². The maximum absolute atomic E-state index is 7.01. The van der Waals surface area contributed by atoms with E-state index < -0.39 is 0 Å². The van der Waals surface area contributed by atoms with Gasteiger partial charge in [-0.3, -0.25) is 0 Å². The Morgan fingerprint density at radius 3 is 1.52 bits per heavy atom. The molecule has 11 aromatic carbocycles. The molecule has 1 nitrogen and oxygen atoms in total. The van der Waals surface area contributed by atoms with E-state index in [0.717, 1.165) is 22.1 Å². The molecule has 13 rings (SSSR count). The van der Waals surface area contributed by atoms with Crippen LogP contribution in [0.2, 0.25) is 0 Å². The molecule has 0 saturated heterocycles. The van der Waals surface area contributed by atoms with Crippen LogP contribution < -0.4 is 0 Å². The molecule has 1 aromatic heterocycles. The van der Waals surface area contributed by atoms with Gasteiger partial charge in [-0.15, -0.1) is 0 Å². The first-order valence-corrected chi connectivity index (χ1v) is 21.0. The minimum absolute atomic E-state index is 0.196. The van der Waals surface area contributed by atoms with Crippen LogP contribution >= 0.6 is 0 Å². The van der Waals surface area contributed by atoms with Crippen molar-refractivity contribution >= 4 is 75.8 Å². The van der Waals surface area contributed by atoms with E-state index in [0.29, 0.717) is 0 Å². The summed E-state index contributed by atoms with van der Waals surface area (Å²) in [6, 6.07) is 71.7. The number of hydrogen-bond donors (Lipinski definition) is 0. The Bertz CT molecular complexity index is 3740. The largest absolute Gasteiger partial charge is 0.456 e. The maximum atomic E-state index is 7.01. The molecular weight excluding hydrogens is 725 g/mol. The van der Waals surface area contributed by atoms with Gasteiger partial charge >= 0.3 is 0 Å². The third-order valence-electron chi connectivity index (χ3n) is 13.6. The van der Waals surface area contributed by atoms with Crippen molar-refractivity contribution in [1.82, 2.24) is 0 Å². The third-order valence-corrected chi connectivity index (χ3v) is 13.6. The lowest BCUT2D eigenvalue weighted by atomic mass is 9.81. The van der Waals surface area contributed by atoms with Crippen molar-refractivity contribution in [2.45, 2.75) is 19.3 Å². The first kappa shape index (κ1) is 33.5. The Balaban J connectivity index is 1.01. The Labute approximate surface area is 347 Å². The van der Waals surface area contributed by atoms with Crippen molar-refractivity contribution in [2.24, 2.45) is 0 Å². The number of furan rings is 1. The molecule has 12 aromatic rings. The zero-order valence-corrected chi connectivity index (χ0v) is 33.4. The lowest BCUT2D eigenvalue weighted by Crippen LogP contribution is -2.15. The number of fused-ring (bicyclic) bond motifs is 13. The van der Waals surface area contributed by atoms with Crippen LogP contribution in [-0.2, 0) is 5.41 Å². The smallest absolute Gasteiger partial charge is 0.140 e. The van der Waals surface area contributed by atoms with Crippen molar-refractivity contribution in [2.75, 3.05) is 0 Å². The van der Waals surface area contributed by atoms with E-state index in [1.54, 1.807) is 0 Å². The normalized spacial score (nSPS) is 13.3. The standard InChI is InChI=1S/C59H38O/c1-59(2)52-33-27-36-15-4-6-18-40(36)56(52)51-32-31-50-43-28-26-37(34-53(43)60-58(50)57(51)59)39-29-30-49(42-20-8-7-19-41(39)42)55-47-23-11-9-21-45(47)54(46-22-10-12-24-48(46)55)44-25-13-16-35-14-3-5-17-38(35)44/h3-34H,1-2H3. The predicted molar refractivity (Wildman–Crippen MR) is 255 cm³/mol. The molecule has 0 spiro atoms. The van der Waals surface area contributed by atoms with Crippen molar-refractivity contribution in [3.8, 4) is 44.5 Å². The molecule has 0 atom stereocenters. The van der Waals surface area contributed by atoms with E-state index in [1.807, 2.05) is 0 Å². The minimum atomic E-state index is -0.196. The highest BCUT2D eigenvalue weighted by molar-refractivity contribution is 6.26. The summed E-state index contributed by atoms with van der Waals surface area (Å²) < 4.78 is 7.01. The Morgan fingerprint density at radius 2 is 0.833 bits per heavy atom. The van der Waals surface area contributed by atoms with Gasteiger partial charge in [-0.2, -0.15) is 0 Å². The van der Waals surface area contributed by atoms with Crippen LogP contribution in [0.25, 0.3) is 120 Å². The average molecular weight is 763 g/mol. The highest BCUT2D eigenvalue weighted by Gasteiger charge is 2.39. The van der Waals surface area contributed by atoms with E-state index in [9.17, 15) is 0 Å². The van der Waals surface area contributed by atoms with Crippen LogP contribution in [0.3, 0.4) is 0 Å². The molecule has 0 amide bonds. The van der Waals surface area contributed by atoms with Gasteiger partial charge in [-0.25, -0.2) is 0 Å². The fourth-order valence-electron chi connectivity index (χ4n) is 11.0. The summed E-state index contributed by atoms with van der Waals surface area (Å²) in [5.41, 5.74) is 14.4. The summed E-state index contributed by atoms with van der Waals surface area (Å²) in [6.45, 7) is 4.70. The first-order valence-electron chi connectivity index (χ1n) is 21.0. The molecule has 1 aliphatic carbocycles. The summed E-state index contributed by atoms with van der Waals surface area (Å²) in [6.07, 6.45) is 0. The van der Waals surface area contributed by atoms with Crippen LogP contribution in [0.4, 0.5) is 0 Å². The lowest BCUT2D eigenvalue weighted by Gasteiger charge is -2.21.